The first-order valence-electron chi connectivity index (χ1n) is 5.00. The van der Waals surface area contributed by atoms with Gasteiger partial charge in [-0.15, -0.1) is 0 Å². The van der Waals surface area contributed by atoms with Crippen LogP contribution in [0.3, 0.4) is 0 Å². The summed E-state index contributed by atoms with van der Waals surface area (Å²) in [5, 5.41) is 9.55. The molecule has 2 rings (SSSR count). The molecule has 0 radical (unpaired) electrons. The summed E-state index contributed by atoms with van der Waals surface area (Å²) in [5.41, 5.74) is -0.949. The molecule has 0 aromatic heterocycles. The van der Waals surface area contributed by atoms with Crippen LogP contribution in [-0.2, 0) is 20.4 Å². The number of primary sulfonamides is 1. The van der Waals surface area contributed by atoms with E-state index in [2.05, 4.69) is 10.6 Å². The molecule has 1 aromatic carbocycles. The number of imide groups is 1. The van der Waals surface area contributed by atoms with Crippen molar-refractivity contribution in [2.75, 3.05) is 0 Å². The highest BCUT2D eigenvalue weighted by atomic mass is 32.2. The maximum atomic E-state index is 11.7. The summed E-state index contributed by atoms with van der Waals surface area (Å²) in [6, 6.07) is 4.96. The largest absolute Gasteiger partial charge is 0.322 e. The van der Waals surface area contributed by atoms with Gasteiger partial charge in [0.1, 0.15) is 5.54 Å². The Labute approximate surface area is 103 Å². The lowest BCUT2D eigenvalue weighted by atomic mass is 9.92. The van der Waals surface area contributed by atoms with Gasteiger partial charge in [0.15, 0.2) is 0 Å². The van der Waals surface area contributed by atoms with Crippen LogP contribution in [0.2, 0.25) is 0 Å². The van der Waals surface area contributed by atoms with E-state index in [1.54, 1.807) is 6.07 Å². The van der Waals surface area contributed by atoms with E-state index in [1.807, 2.05) is 0 Å². The van der Waals surface area contributed by atoms with E-state index in [0.717, 1.165) is 0 Å². The average molecular weight is 269 g/mol. The van der Waals surface area contributed by atoms with Gasteiger partial charge in [-0.05, 0) is 24.6 Å². The smallest absolute Gasteiger partial charge is 0.320 e. The van der Waals surface area contributed by atoms with Crippen molar-refractivity contribution in [1.29, 1.82) is 0 Å². The lowest BCUT2D eigenvalue weighted by molar-refractivity contribution is -0.123. The molecule has 0 bridgehead atoms. The van der Waals surface area contributed by atoms with Gasteiger partial charge in [-0.1, -0.05) is 12.1 Å². The zero-order valence-corrected chi connectivity index (χ0v) is 10.2. The summed E-state index contributed by atoms with van der Waals surface area (Å²) in [4.78, 5) is 22.7. The van der Waals surface area contributed by atoms with Gasteiger partial charge in [-0.25, -0.2) is 18.4 Å². The first kappa shape index (κ1) is 12.5. The highest BCUT2D eigenvalue weighted by Gasteiger charge is 2.43. The lowest BCUT2D eigenvalue weighted by Gasteiger charge is -2.21. The Hall–Kier alpha value is -1.93. The third-order valence-electron chi connectivity index (χ3n) is 2.78. The molecule has 18 heavy (non-hydrogen) atoms. The van der Waals surface area contributed by atoms with E-state index in [9.17, 15) is 18.0 Å². The second-order valence-corrected chi connectivity index (χ2v) is 5.67. The average Bonchev–Trinajstić information content (AvgIpc) is 2.53. The fraction of sp³-hybridized carbons (Fsp3) is 0.200. The number of sulfonamides is 1. The van der Waals surface area contributed by atoms with Crippen molar-refractivity contribution in [2.45, 2.75) is 17.4 Å². The molecule has 1 aliphatic rings. The minimum absolute atomic E-state index is 0.116. The molecule has 1 atom stereocenters. The Morgan fingerprint density at radius 3 is 2.44 bits per heavy atom. The number of carbonyl (C=O) groups is 2. The van der Waals surface area contributed by atoms with Crippen molar-refractivity contribution in [1.82, 2.24) is 10.6 Å². The Morgan fingerprint density at radius 1 is 1.28 bits per heavy atom. The fourth-order valence-electron chi connectivity index (χ4n) is 1.73. The molecule has 1 fully saturated rings. The monoisotopic (exact) mass is 269 g/mol. The zero-order chi connectivity index (χ0) is 13.6. The number of benzene rings is 1. The van der Waals surface area contributed by atoms with Crippen LogP contribution in [0.1, 0.15) is 12.5 Å². The fourth-order valence-corrected chi connectivity index (χ4v) is 2.29. The maximum Gasteiger partial charge on any atom is 0.322 e. The SMILES string of the molecule is C[C@@]1(c2cccc(S(N)(=O)=O)c2)NC(=O)NC1=O. The van der Waals surface area contributed by atoms with Crippen LogP contribution in [0, 0.1) is 0 Å². The molecule has 4 N–H and O–H groups in total. The summed E-state index contributed by atoms with van der Waals surface area (Å²) in [6.07, 6.45) is 0. The van der Waals surface area contributed by atoms with E-state index in [4.69, 9.17) is 5.14 Å². The summed E-state index contributed by atoms with van der Waals surface area (Å²) in [7, 11) is -3.86. The van der Waals surface area contributed by atoms with Crippen LogP contribution < -0.4 is 15.8 Å². The van der Waals surface area contributed by atoms with E-state index in [0.29, 0.717) is 5.56 Å². The molecule has 0 aliphatic carbocycles. The summed E-state index contributed by atoms with van der Waals surface area (Å²) >= 11 is 0. The van der Waals surface area contributed by atoms with E-state index in [-0.39, 0.29) is 4.90 Å². The second kappa shape index (κ2) is 3.79. The molecular formula is C10H11N3O4S. The van der Waals surface area contributed by atoms with Crippen molar-refractivity contribution >= 4 is 22.0 Å². The predicted molar refractivity (Wildman–Crippen MR) is 61.8 cm³/mol. The van der Waals surface area contributed by atoms with Crippen molar-refractivity contribution in [2.24, 2.45) is 5.14 Å². The Bertz CT molecular complexity index is 640. The topological polar surface area (TPSA) is 118 Å². The van der Waals surface area contributed by atoms with Gasteiger partial charge in [0.2, 0.25) is 10.0 Å². The van der Waals surface area contributed by atoms with Crippen molar-refractivity contribution < 1.29 is 18.0 Å². The summed E-state index contributed by atoms with van der Waals surface area (Å²) < 4.78 is 22.5. The predicted octanol–water partition coefficient (Wildman–Crippen LogP) is -0.611. The second-order valence-electron chi connectivity index (χ2n) is 4.11. The number of nitrogens with one attached hydrogen (secondary N) is 2. The first-order chi connectivity index (χ1) is 8.23. The number of urea groups is 1. The quantitative estimate of drug-likeness (QED) is 0.620. The molecule has 8 heteroatoms. The van der Waals surface area contributed by atoms with Crippen molar-refractivity contribution in [3.8, 4) is 0 Å². The number of carbonyl (C=O) groups excluding carboxylic acids is 2. The molecule has 0 spiro atoms. The van der Waals surface area contributed by atoms with Crippen LogP contribution in [0.4, 0.5) is 4.79 Å². The number of rotatable bonds is 2. The molecule has 1 saturated heterocycles. The van der Waals surface area contributed by atoms with E-state index in [1.165, 1.54) is 25.1 Å². The molecule has 1 aromatic rings. The minimum Gasteiger partial charge on any atom is -0.320 e. The van der Waals surface area contributed by atoms with Gasteiger partial charge in [-0.2, -0.15) is 0 Å². The van der Waals surface area contributed by atoms with Crippen LogP contribution in [0.15, 0.2) is 29.2 Å². The van der Waals surface area contributed by atoms with Crippen LogP contribution >= 0.6 is 0 Å². The molecule has 3 amide bonds. The minimum atomic E-state index is -3.86. The van der Waals surface area contributed by atoms with Crippen LogP contribution in [-0.4, -0.2) is 20.4 Å². The molecule has 1 heterocycles. The van der Waals surface area contributed by atoms with E-state index >= 15 is 0 Å². The number of amides is 3. The van der Waals surface area contributed by atoms with Gasteiger partial charge in [0.05, 0.1) is 4.90 Å². The third kappa shape index (κ3) is 1.95. The lowest BCUT2D eigenvalue weighted by Crippen LogP contribution is -2.40. The highest BCUT2D eigenvalue weighted by molar-refractivity contribution is 7.89. The molecular weight excluding hydrogens is 258 g/mol. The highest BCUT2D eigenvalue weighted by Crippen LogP contribution is 2.25. The van der Waals surface area contributed by atoms with Gasteiger partial charge < -0.3 is 5.32 Å². The normalized spacial score (nSPS) is 23.7. The number of hydrogen-bond acceptors (Lipinski definition) is 4. The standard InChI is InChI=1S/C10H11N3O4S/c1-10(8(14)12-9(15)13-10)6-3-2-4-7(5-6)18(11,16)17/h2-5H,1H3,(H2,11,16,17)(H2,12,13,14,15)/t10-/m0/s1. The van der Waals surface area contributed by atoms with Crippen molar-refractivity contribution in [3.63, 3.8) is 0 Å². The summed E-state index contributed by atoms with van der Waals surface area (Å²) in [6.45, 7) is 1.48. The molecule has 96 valence electrons. The molecule has 0 unspecified atom stereocenters. The van der Waals surface area contributed by atoms with Crippen LogP contribution in [0.25, 0.3) is 0 Å². The van der Waals surface area contributed by atoms with Gasteiger partial charge in [0.25, 0.3) is 5.91 Å². The Balaban J connectivity index is 2.53. The van der Waals surface area contributed by atoms with Gasteiger partial charge in [0, 0.05) is 0 Å². The summed E-state index contributed by atoms with van der Waals surface area (Å²) in [5.74, 6) is -0.543. The zero-order valence-electron chi connectivity index (χ0n) is 9.43. The Kier molecular flexibility index (Phi) is 2.63. The third-order valence-corrected chi connectivity index (χ3v) is 3.70. The first-order valence-corrected chi connectivity index (χ1v) is 6.55. The maximum absolute atomic E-state index is 11.7. The number of hydrogen-bond donors (Lipinski definition) is 3. The van der Waals surface area contributed by atoms with Gasteiger partial charge >= 0.3 is 6.03 Å². The van der Waals surface area contributed by atoms with Crippen molar-refractivity contribution in [3.05, 3.63) is 29.8 Å². The van der Waals surface area contributed by atoms with E-state index < -0.39 is 27.5 Å². The van der Waals surface area contributed by atoms with Gasteiger partial charge in [-0.3, -0.25) is 10.1 Å². The molecule has 1 aliphatic heterocycles. The molecule has 0 saturated carbocycles. The Morgan fingerprint density at radius 2 is 1.94 bits per heavy atom. The van der Waals surface area contributed by atoms with Crippen LogP contribution in [0.5, 0.6) is 0 Å². The number of nitrogens with two attached hydrogens (primary N) is 1. The molecule has 7 nitrogen and oxygen atoms in total.